The SMILES string of the molecule is CC(C)(C)NCC1(Cc2cc(Br)ccc2F)CCCC1. The van der Waals surface area contributed by atoms with Crippen LogP contribution in [-0.4, -0.2) is 12.1 Å². The molecule has 0 heterocycles. The Morgan fingerprint density at radius 2 is 1.90 bits per heavy atom. The van der Waals surface area contributed by atoms with Gasteiger partial charge in [-0.1, -0.05) is 28.8 Å². The summed E-state index contributed by atoms with van der Waals surface area (Å²) in [5.74, 6) is -0.0739. The lowest BCUT2D eigenvalue weighted by molar-refractivity contribution is 0.242. The second-order valence-electron chi connectivity index (χ2n) is 7.22. The van der Waals surface area contributed by atoms with Crippen molar-refractivity contribution in [2.24, 2.45) is 5.41 Å². The lowest BCUT2D eigenvalue weighted by Gasteiger charge is -2.34. The zero-order valence-corrected chi connectivity index (χ0v) is 14.3. The molecule has 1 saturated carbocycles. The fourth-order valence-electron chi connectivity index (χ4n) is 3.08. The first-order valence-electron chi connectivity index (χ1n) is 7.49. The van der Waals surface area contributed by atoms with E-state index in [4.69, 9.17) is 0 Å². The van der Waals surface area contributed by atoms with Crippen LogP contribution in [0.25, 0.3) is 0 Å². The first kappa shape index (κ1) is 16.0. The highest BCUT2D eigenvalue weighted by Gasteiger charge is 2.35. The molecule has 1 N–H and O–H groups in total. The van der Waals surface area contributed by atoms with Crippen LogP contribution in [0.1, 0.15) is 52.0 Å². The highest BCUT2D eigenvalue weighted by molar-refractivity contribution is 9.10. The van der Waals surface area contributed by atoms with Gasteiger partial charge in [-0.15, -0.1) is 0 Å². The molecule has 0 bridgehead atoms. The summed E-state index contributed by atoms with van der Waals surface area (Å²) < 4.78 is 15.0. The molecule has 3 heteroatoms. The van der Waals surface area contributed by atoms with Gasteiger partial charge in [-0.05, 0) is 69.2 Å². The van der Waals surface area contributed by atoms with Crippen molar-refractivity contribution in [3.8, 4) is 0 Å². The summed E-state index contributed by atoms with van der Waals surface area (Å²) in [7, 11) is 0. The number of halogens is 2. The molecule has 1 nitrogen and oxygen atoms in total. The molecule has 1 fully saturated rings. The summed E-state index contributed by atoms with van der Waals surface area (Å²) in [6.45, 7) is 7.54. The van der Waals surface area contributed by atoms with Gasteiger partial charge in [0.25, 0.3) is 0 Å². The molecule has 0 radical (unpaired) electrons. The van der Waals surface area contributed by atoms with Crippen molar-refractivity contribution in [2.45, 2.75) is 58.4 Å². The van der Waals surface area contributed by atoms with Gasteiger partial charge < -0.3 is 5.32 Å². The van der Waals surface area contributed by atoms with Crippen molar-refractivity contribution < 1.29 is 4.39 Å². The maximum absolute atomic E-state index is 14.0. The summed E-state index contributed by atoms with van der Waals surface area (Å²) in [4.78, 5) is 0. The van der Waals surface area contributed by atoms with E-state index in [-0.39, 0.29) is 16.8 Å². The fourth-order valence-corrected chi connectivity index (χ4v) is 3.49. The third kappa shape index (κ3) is 4.29. The van der Waals surface area contributed by atoms with Gasteiger partial charge >= 0.3 is 0 Å². The molecule has 0 saturated heterocycles. The van der Waals surface area contributed by atoms with E-state index in [1.807, 2.05) is 6.07 Å². The molecular weight excluding hydrogens is 317 g/mol. The number of rotatable bonds is 4. The summed E-state index contributed by atoms with van der Waals surface area (Å²) in [6.07, 6.45) is 5.76. The number of benzene rings is 1. The van der Waals surface area contributed by atoms with Gasteiger partial charge in [0.2, 0.25) is 0 Å². The predicted molar refractivity (Wildman–Crippen MR) is 86.5 cm³/mol. The second-order valence-corrected chi connectivity index (χ2v) is 8.14. The van der Waals surface area contributed by atoms with Crippen LogP contribution in [0.15, 0.2) is 22.7 Å². The Morgan fingerprint density at radius 1 is 1.25 bits per heavy atom. The number of hydrogen-bond donors (Lipinski definition) is 1. The lowest BCUT2D eigenvalue weighted by Crippen LogP contribution is -2.44. The normalized spacial score (nSPS) is 18.4. The van der Waals surface area contributed by atoms with E-state index in [1.54, 1.807) is 12.1 Å². The molecule has 0 aliphatic heterocycles. The van der Waals surface area contributed by atoms with E-state index in [0.717, 1.165) is 23.0 Å². The molecule has 20 heavy (non-hydrogen) atoms. The smallest absolute Gasteiger partial charge is 0.126 e. The van der Waals surface area contributed by atoms with Gasteiger partial charge in [-0.25, -0.2) is 4.39 Å². The minimum absolute atomic E-state index is 0.0739. The first-order chi connectivity index (χ1) is 9.30. The van der Waals surface area contributed by atoms with Crippen LogP contribution >= 0.6 is 15.9 Å². The van der Waals surface area contributed by atoms with Crippen molar-refractivity contribution in [2.75, 3.05) is 6.54 Å². The molecule has 0 aromatic heterocycles. The van der Waals surface area contributed by atoms with Crippen LogP contribution in [0.5, 0.6) is 0 Å². The minimum atomic E-state index is -0.0739. The third-order valence-electron chi connectivity index (χ3n) is 4.23. The third-order valence-corrected chi connectivity index (χ3v) is 4.72. The van der Waals surface area contributed by atoms with E-state index in [9.17, 15) is 4.39 Å². The van der Waals surface area contributed by atoms with Crippen LogP contribution in [0.3, 0.4) is 0 Å². The van der Waals surface area contributed by atoms with Gasteiger partial charge in [-0.2, -0.15) is 0 Å². The topological polar surface area (TPSA) is 12.0 Å². The van der Waals surface area contributed by atoms with Crippen molar-refractivity contribution in [3.05, 3.63) is 34.1 Å². The molecular formula is C17H25BrFN. The Hall–Kier alpha value is -0.410. The van der Waals surface area contributed by atoms with Gasteiger partial charge in [0.05, 0.1) is 0 Å². The van der Waals surface area contributed by atoms with Gasteiger partial charge in [0, 0.05) is 16.6 Å². The zero-order chi connectivity index (χ0) is 14.8. The first-order valence-corrected chi connectivity index (χ1v) is 8.28. The standard InChI is InChI=1S/C17H25BrFN/c1-16(2,3)20-12-17(8-4-5-9-17)11-13-10-14(18)6-7-15(13)19/h6-7,10,20H,4-5,8-9,11-12H2,1-3H3. The monoisotopic (exact) mass is 341 g/mol. The Kier molecular flexibility index (Phi) is 4.91. The molecule has 0 atom stereocenters. The molecule has 0 unspecified atom stereocenters. The van der Waals surface area contributed by atoms with Crippen LogP contribution in [0.2, 0.25) is 0 Å². The Bertz CT molecular complexity index is 459. The summed E-state index contributed by atoms with van der Waals surface area (Å²) in [6, 6.07) is 5.28. The number of hydrogen-bond acceptors (Lipinski definition) is 1. The summed E-state index contributed by atoms with van der Waals surface area (Å²) >= 11 is 3.45. The quantitative estimate of drug-likeness (QED) is 0.805. The molecule has 0 spiro atoms. The van der Waals surface area contributed by atoms with Crippen LogP contribution in [0, 0.1) is 11.2 Å². The van der Waals surface area contributed by atoms with Crippen molar-refractivity contribution in [1.29, 1.82) is 0 Å². The highest BCUT2D eigenvalue weighted by Crippen LogP contribution is 2.41. The Balaban J connectivity index is 2.14. The Labute approximate surface area is 130 Å². The van der Waals surface area contributed by atoms with Gasteiger partial charge in [0.15, 0.2) is 0 Å². The highest BCUT2D eigenvalue weighted by atomic mass is 79.9. The zero-order valence-electron chi connectivity index (χ0n) is 12.7. The summed E-state index contributed by atoms with van der Waals surface area (Å²) in [5, 5.41) is 3.62. The minimum Gasteiger partial charge on any atom is -0.312 e. The molecule has 112 valence electrons. The van der Waals surface area contributed by atoms with Gasteiger partial charge in [0.1, 0.15) is 5.82 Å². The van der Waals surface area contributed by atoms with Crippen LogP contribution < -0.4 is 5.32 Å². The number of nitrogens with one attached hydrogen (secondary N) is 1. The van der Waals surface area contributed by atoms with Crippen LogP contribution in [0.4, 0.5) is 4.39 Å². The largest absolute Gasteiger partial charge is 0.312 e. The second kappa shape index (κ2) is 6.15. The summed E-state index contributed by atoms with van der Waals surface area (Å²) in [5.41, 5.74) is 1.18. The molecule has 1 aromatic rings. The van der Waals surface area contributed by atoms with Crippen molar-refractivity contribution in [3.63, 3.8) is 0 Å². The van der Waals surface area contributed by atoms with Gasteiger partial charge in [-0.3, -0.25) is 0 Å². The van der Waals surface area contributed by atoms with E-state index in [0.29, 0.717) is 0 Å². The average Bonchev–Trinajstić information content (AvgIpc) is 2.80. The van der Waals surface area contributed by atoms with E-state index < -0.39 is 0 Å². The molecule has 1 aliphatic rings. The van der Waals surface area contributed by atoms with E-state index >= 15 is 0 Å². The van der Waals surface area contributed by atoms with E-state index in [2.05, 4.69) is 42.0 Å². The maximum atomic E-state index is 14.0. The van der Waals surface area contributed by atoms with Crippen molar-refractivity contribution in [1.82, 2.24) is 5.32 Å². The molecule has 1 aliphatic carbocycles. The van der Waals surface area contributed by atoms with Crippen molar-refractivity contribution >= 4 is 15.9 Å². The van der Waals surface area contributed by atoms with Crippen LogP contribution in [-0.2, 0) is 6.42 Å². The maximum Gasteiger partial charge on any atom is 0.126 e. The molecule has 1 aromatic carbocycles. The predicted octanol–water partition coefficient (Wildman–Crippen LogP) is 5.08. The fraction of sp³-hybridized carbons (Fsp3) is 0.647. The molecule has 0 amide bonds. The Morgan fingerprint density at radius 3 is 2.50 bits per heavy atom. The van der Waals surface area contributed by atoms with E-state index in [1.165, 1.54) is 25.7 Å². The average molecular weight is 342 g/mol. The molecule has 2 rings (SSSR count). The lowest BCUT2D eigenvalue weighted by atomic mass is 9.79.